The number of anilines is 2. The summed E-state index contributed by atoms with van der Waals surface area (Å²) in [5, 5.41) is 0. The molecule has 1 aliphatic heterocycles. The number of nitrogen functional groups attached to an aromatic ring is 1. The second-order valence-electron chi connectivity index (χ2n) is 3.62. The number of aromatic nitrogens is 1. The van der Waals surface area contributed by atoms with Crippen LogP contribution in [0.1, 0.15) is 6.42 Å². The molecule has 0 aliphatic carbocycles. The monoisotopic (exact) mass is 326 g/mol. The van der Waals surface area contributed by atoms with Crippen LogP contribution in [0.5, 0.6) is 0 Å². The number of hydrogen-bond donors (Lipinski definition) is 1. The Morgan fingerprint density at radius 2 is 2.27 bits per heavy atom. The molecule has 0 bridgehead atoms. The molecule has 0 amide bonds. The van der Waals surface area contributed by atoms with Gasteiger partial charge in [-0.25, -0.2) is 13.8 Å². The van der Waals surface area contributed by atoms with Crippen molar-refractivity contribution in [2.45, 2.75) is 12.3 Å². The first-order chi connectivity index (χ1) is 6.99. The first kappa shape index (κ1) is 10.8. The van der Waals surface area contributed by atoms with Crippen LogP contribution in [-0.2, 0) is 0 Å². The van der Waals surface area contributed by atoms with Crippen molar-refractivity contribution in [2.75, 3.05) is 23.7 Å². The van der Waals surface area contributed by atoms with E-state index in [0.29, 0.717) is 18.1 Å². The third-order valence-corrected chi connectivity index (χ3v) is 3.39. The van der Waals surface area contributed by atoms with Gasteiger partial charge in [-0.05, 0) is 28.7 Å². The number of nitrogens with one attached hydrogen (secondary N) is 1. The molecule has 0 radical (unpaired) electrons. The zero-order valence-electron chi connectivity index (χ0n) is 7.93. The molecule has 2 heterocycles. The van der Waals surface area contributed by atoms with Crippen LogP contribution in [0.15, 0.2) is 12.3 Å². The number of rotatable bonds is 1. The molecule has 3 nitrogen and oxygen atoms in total. The lowest BCUT2D eigenvalue weighted by Crippen LogP contribution is -2.30. The van der Waals surface area contributed by atoms with Crippen molar-refractivity contribution in [3.05, 3.63) is 15.8 Å². The zero-order valence-corrected chi connectivity index (χ0v) is 10.1. The Bertz CT molecular complexity index is 384. The number of aromatic amines is 1. The molecular formula is C9H11F2IN3+. The molecule has 1 aromatic heterocycles. The molecule has 0 unspecified atom stereocenters. The third kappa shape index (κ3) is 2.14. The van der Waals surface area contributed by atoms with Gasteiger partial charge in [-0.1, -0.05) is 0 Å². The third-order valence-electron chi connectivity index (χ3n) is 2.45. The minimum absolute atomic E-state index is 0.105. The smallest absolute Gasteiger partial charge is 0.299 e. The molecule has 82 valence electrons. The maximum Gasteiger partial charge on any atom is 0.299 e. The molecule has 1 fully saturated rings. The fraction of sp³-hybridized carbons (Fsp3) is 0.444. The van der Waals surface area contributed by atoms with Gasteiger partial charge < -0.3 is 5.73 Å². The topological polar surface area (TPSA) is 43.4 Å². The number of pyridine rings is 1. The fourth-order valence-corrected chi connectivity index (χ4v) is 2.10. The highest BCUT2D eigenvalue weighted by molar-refractivity contribution is 14.1. The van der Waals surface area contributed by atoms with Crippen LogP contribution in [-0.4, -0.2) is 19.0 Å². The van der Waals surface area contributed by atoms with E-state index >= 15 is 0 Å². The molecule has 0 aromatic carbocycles. The van der Waals surface area contributed by atoms with Crippen molar-refractivity contribution in [2.24, 2.45) is 0 Å². The summed E-state index contributed by atoms with van der Waals surface area (Å²) in [5.41, 5.74) is 6.36. The normalized spacial score (nSPS) is 19.5. The lowest BCUT2D eigenvalue weighted by molar-refractivity contribution is -0.363. The van der Waals surface area contributed by atoms with Crippen LogP contribution >= 0.6 is 22.6 Å². The predicted molar refractivity (Wildman–Crippen MR) is 61.9 cm³/mol. The van der Waals surface area contributed by atoms with Crippen LogP contribution in [0.3, 0.4) is 0 Å². The van der Waals surface area contributed by atoms with E-state index in [1.807, 2.05) is 6.07 Å². The minimum Gasteiger partial charge on any atom is -0.391 e. The van der Waals surface area contributed by atoms with Gasteiger partial charge in [0.25, 0.3) is 11.7 Å². The molecule has 1 aliphatic rings. The second kappa shape index (κ2) is 3.73. The van der Waals surface area contributed by atoms with Crippen molar-refractivity contribution >= 4 is 34.1 Å². The largest absolute Gasteiger partial charge is 0.391 e. The number of halogens is 3. The Kier molecular flexibility index (Phi) is 2.70. The fourth-order valence-electron chi connectivity index (χ4n) is 1.66. The lowest BCUT2D eigenvalue weighted by Gasteiger charge is -2.11. The molecular weight excluding hydrogens is 315 g/mol. The van der Waals surface area contributed by atoms with Crippen LogP contribution in [0.25, 0.3) is 0 Å². The quantitative estimate of drug-likeness (QED) is 0.796. The first-order valence-electron chi connectivity index (χ1n) is 4.58. The first-order valence-corrected chi connectivity index (χ1v) is 5.66. The maximum atomic E-state index is 13.0. The zero-order chi connectivity index (χ0) is 11.1. The van der Waals surface area contributed by atoms with Crippen LogP contribution in [0.4, 0.5) is 20.3 Å². The van der Waals surface area contributed by atoms with Crippen molar-refractivity contribution in [1.29, 1.82) is 0 Å². The summed E-state index contributed by atoms with van der Waals surface area (Å²) < 4.78 is 26.9. The SMILES string of the molecule is Nc1c(I)cc[nH+]c1N1CCC(F)(F)C1. The molecule has 1 saturated heterocycles. The highest BCUT2D eigenvalue weighted by Gasteiger charge is 2.44. The van der Waals surface area contributed by atoms with Crippen molar-refractivity contribution in [3.8, 4) is 0 Å². The van der Waals surface area contributed by atoms with Gasteiger partial charge in [0.05, 0.1) is 19.2 Å². The van der Waals surface area contributed by atoms with Gasteiger partial charge >= 0.3 is 0 Å². The van der Waals surface area contributed by atoms with E-state index in [4.69, 9.17) is 5.73 Å². The number of nitrogens with zero attached hydrogens (tertiary/aromatic N) is 1. The standard InChI is InChI=1S/C9H10F2IN3/c10-9(11)2-4-15(5-9)8-7(13)6(12)1-3-14-8/h1,3H,2,4-5,13H2/p+1. The van der Waals surface area contributed by atoms with Crippen molar-refractivity contribution in [3.63, 3.8) is 0 Å². The van der Waals surface area contributed by atoms with Gasteiger partial charge in [0, 0.05) is 3.57 Å². The molecule has 2 rings (SSSR count). The highest BCUT2D eigenvalue weighted by Crippen LogP contribution is 2.32. The van der Waals surface area contributed by atoms with E-state index in [1.165, 1.54) is 0 Å². The van der Waals surface area contributed by atoms with Gasteiger partial charge in [-0.15, -0.1) is 0 Å². The van der Waals surface area contributed by atoms with Gasteiger partial charge in [-0.2, -0.15) is 0 Å². The number of H-pyrrole nitrogens is 1. The summed E-state index contributed by atoms with van der Waals surface area (Å²) in [6.45, 7) is 0.0849. The van der Waals surface area contributed by atoms with Crippen LogP contribution in [0, 0.1) is 3.57 Å². The molecule has 15 heavy (non-hydrogen) atoms. The second-order valence-corrected chi connectivity index (χ2v) is 4.78. The summed E-state index contributed by atoms with van der Waals surface area (Å²) in [6.07, 6.45) is 1.61. The summed E-state index contributed by atoms with van der Waals surface area (Å²) in [5.74, 6) is -2.00. The summed E-state index contributed by atoms with van der Waals surface area (Å²) in [7, 11) is 0. The van der Waals surface area contributed by atoms with Gasteiger partial charge in [0.1, 0.15) is 12.2 Å². The molecule has 3 N–H and O–H groups in total. The summed E-state index contributed by atoms with van der Waals surface area (Å²) in [4.78, 5) is 4.51. The van der Waals surface area contributed by atoms with Crippen molar-refractivity contribution in [1.82, 2.24) is 0 Å². The van der Waals surface area contributed by atoms with Crippen LogP contribution in [0.2, 0.25) is 0 Å². The van der Waals surface area contributed by atoms with Crippen LogP contribution < -0.4 is 15.6 Å². The van der Waals surface area contributed by atoms with Gasteiger partial charge in [0.15, 0.2) is 0 Å². The van der Waals surface area contributed by atoms with Gasteiger partial charge in [-0.3, -0.25) is 4.90 Å². The number of alkyl halides is 2. The maximum absolute atomic E-state index is 13.0. The Hall–Kier alpha value is -0.660. The number of hydrogen-bond acceptors (Lipinski definition) is 2. The molecule has 6 heteroatoms. The van der Waals surface area contributed by atoms with E-state index in [1.54, 1.807) is 11.1 Å². The highest BCUT2D eigenvalue weighted by atomic mass is 127. The van der Waals surface area contributed by atoms with Gasteiger partial charge in [0.2, 0.25) is 0 Å². The summed E-state index contributed by atoms with van der Waals surface area (Å²) in [6, 6.07) is 1.81. The van der Waals surface area contributed by atoms with E-state index in [2.05, 4.69) is 27.6 Å². The molecule has 0 saturated carbocycles. The molecule has 1 aromatic rings. The van der Waals surface area contributed by atoms with E-state index in [9.17, 15) is 8.78 Å². The Morgan fingerprint density at radius 1 is 1.53 bits per heavy atom. The average Bonchev–Trinajstić information content (AvgIpc) is 2.51. The Labute approximate surface area is 99.8 Å². The van der Waals surface area contributed by atoms with E-state index in [0.717, 1.165) is 3.57 Å². The number of nitrogens with two attached hydrogens (primary N) is 1. The average molecular weight is 326 g/mol. The Balaban J connectivity index is 2.28. The Morgan fingerprint density at radius 3 is 2.87 bits per heavy atom. The van der Waals surface area contributed by atoms with E-state index in [-0.39, 0.29) is 13.0 Å². The predicted octanol–water partition coefficient (Wildman–Crippen LogP) is 1.53. The van der Waals surface area contributed by atoms with E-state index < -0.39 is 5.92 Å². The minimum atomic E-state index is -2.60. The molecule has 0 atom stereocenters. The summed E-state index contributed by atoms with van der Waals surface area (Å²) >= 11 is 2.09. The van der Waals surface area contributed by atoms with Crippen molar-refractivity contribution < 1.29 is 13.8 Å². The lowest BCUT2D eigenvalue weighted by atomic mass is 10.3. The molecule has 0 spiro atoms.